The third-order valence-corrected chi connectivity index (χ3v) is 4.08. The molecule has 1 aromatic heterocycles. The summed E-state index contributed by atoms with van der Waals surface area (Å²) >= 11 is 0. The lowest BCUT2D eigenvalue weighted by atomic mass is 9.94. The van der Waals surface area contributed by atoms with E-state index in [2.05, 4.69) is 48.2 Å². The van der Waals surface area contributed by atoms with Crippen LogP contribution in [0.1, 0.15) is 37.7 Å². The highest BCUT2D eigenvalue weighted by atomic mass is 14.9. The second kappa shape index (κ2) is 5.01. The van der Waals surface area contributed by atoms with E-state index in [0.29, 0.717) is 0 Å². The lowest BCUT2D eigenvalue weighted by molar-refractivity contribution is 0.674. The molecule has 0 aliphatic heterocycles. The molecule has 0 radical (unpaired) electrons. The number of para-hydroxylation sites is 1. The molecule has 1 aromatic carbocycles. The summed E-state index contributed by atoms with van der Waals surface area (Å²) in [6.45, 7) is 0. The third kappa shape index (κ3) is 2.22. The highest BCUT2D eigenvalue weighted by Gasteiger charge is 2.08. The van der Waals surface area contributed by atoms with Gasteiger partial charge < -0.3 is 4.57 Å². The van der Waals surface area contributed by atoms with E-state index in [4.69, 9.17) is 0 Å². The van der Waals surface area contributed by atoms with E-state index in [0.717, 1.165) is 0 Å². The Hall–Kier alpha value is -1.50. The molecule has 0 N–H and O–H groups in total. The molecule has 0 atom stereocenters. The lowest BCUT2D eigenvalue weighted by Gasteiger charge is -2.11. The number of aromatic nitrogens is 1. The minimum atomic E-state index is 1.19. The van der Waals surface area contributed by atoms with Crippen LogP contribution in [0.2, 0.25) is 0 Å². The van der Waals surface area contributed by atoms with Crippen LogP contribution in [0.15, 0.2) is 42.1 Å². The fourth-order valence-corrected chi connectivity index (χ4v) is 3.05. The molecule has 2 aromatic rings. The van der Waals surface area contributed by atoms with Gasteiger partial charge in [0.05, 0.1) is 0 Å². The van der Waals surface area contributed by atoms with E-state index in [1.165, 1.54) is 55.0 Å². The van der Waals surface area contributed by atoms with Crippen molar-refractivity contribution in [2.45, 2.75) is 38.5 Å². The molecular weight excluding hydrogens is 218 g/mol. The molecular formula is C17H21N. The third-order valence-electron chi connectivity index (χ3n) is 4.08. The predicted octanol–water partition coefficient (Wildman–Crippen LogP) is 4.61. The molecule has 0 saturated heterocycles. The Morgan fingerprint density at radius 2 is 2.00 bits per heavy atom. The van der Waals surface area contributed by atoms with Crippen molar-refractivity contribution in [3.05, 3.63) is 47.7 Å². The number of fused-ring (bicyclic) bond motifs is 1. The summed E-state index contributed by atoms with van der Waals surface area (Å²) in [6.07, 6.45) is 12.6. The van der Waals surface area contributed by atoms with Gasteiger partial charge in [0.25, 0.3) is 0 Å². The summed E-state index contributed by atoms with van der Waals surface area (Å²) in [6, 6.07) is 8.72. The number of hydrogen-bond donors (Lipinski definition) is 0. The second-order valence-electron chi connectivity index (χ2n) is 5.39. The van der Waals surface area contributed by atoms with Crippen molar-refractivity contribution in [3.63, 3.8) is 0 Å². The first-order valence-corrected chi connectivity index (χ1v) is 7.05. The van der Waals surface area contributed by atoms with Crippen LogP contribution in [-0.2, 0) is 13.5 Å². The van der Waals surface area contributed by atoms with Crippen LogP contribution in [0.25, 0.3) is 10.9 Å². The highest BCUT2D eigenvalue weighted by Crippen LogP contribution is 2.25. The van der Waals surface area contributed by atoms with Gasteiger partial charge >= 0.3 is 0 Å². The molecule has 18 heavy (non-hydrogen) atoms. The second-order valence-corrected chi connectivity index (χ2v) is 5.39. The van der Waals surface area contributed by atoms with Gasteiger partial charge in [0, 0.05) is 24.1 Å². The van der Waals surface area contributed by atoms with Gasteiger partial charge in [0.15, 0.2) is 0 Å². The molecule has 1 nitrogen and oxygen atoms in total. The maximum atomic E-state index is 2.47. The zero-order chi connectivity index (χ0) is 12.4. The molecule has 3 rings (SSSR count). The maximum Gasteiger partial charge on any atom is 0.0480 e. The van der Waals surface area contributed by atoms with Crippen LogP contribution in [0.4, 0.5) is 0 Å². The lowest BCUT2D eigenvalue weighted by Crippen LogP contribution is -1.94. The number of aryl methyl sites for hydroxylation is 2. The Morgan fingerprint density at radius 3 is 2.83 bits per heavy atom. The maximum absolute atomic E-state index is 2.47. The topological polar surface area (TPSA) is 4.93 Å². The van der Waals surface area contributed by atoms with Gasteiger partial charge in [-0.25, -0.2) is 0 Å². The van der Waals surface area contributed by atoms with Crippen LogP contribution in [0.3, 0.4) is 0 Å². The van der Waals surface area contributed by atoms with E-state index in [1.54, 1.807) is 5.57 Å². The molecule has 0 fully saturated rings. The fourth-order valence-electron chi connectivity index (χ4n) is 3.05. The monoisotopic (exact) mass is 239 g/mol. The van der Waals surface area contributed by atoms with E-state index >= 15 is 0 Å². The van der Waals surface area contributed by atoms with Gasteiger partial charge in [-0.15, -0.1) is 0 Å². The van der Waals surface area contributed by atoms with E-state index in [-0.39, 0.29) is 0 Å². The number of benzene rings is 1. The fraction of sp³-hybridized carbons (Fsp3) is 0.412. The van der Waals surface area contributed by atoms with Crippen LogP contribution >= 0.6 is 0 Å². The van der Waals surface area contributed by atoms with Crippen molar-refractivity contribution in [1.82, 2.24) is 4.57 Å². The summed E-state index contributed by atoms with van der Waals surface area (Å²) in [7, 11) is 2.14. The van der Waals surface area contributed by atoms with Gasteiger partial charge in [-0.05, 0) is 50.2 Å². The minimum Gasteiger partial charge on any atom is -0.350 e. The molecule has 1 heterocycles. The molecule has 1 heteroatoms. The summed E-state index contributed by atoms with van der Waals surface area (Å²) in [5.41, 5.74) is 4.53. The van der Waals surface area contributed by atoms with Gasteiger partial charge in [0.1, 0.15) is 0 Å². The van der Waals surface area contributed by atoms with E-state index in [9.17, 15) is 0 Å². The SMILES string of the molecule is Cn1cc(CCC2=CCCCC2)c2ccccc21. The Bertz CT molecular complexity index is 574. The normalized spacial score (nSPS) is 15.9. The molecule has 0 amide bonds. The standard InChI is InChI=1S/C17H21N/c1-18-13-15(16-9-5-6-10-17(16)18)12-11-14-7-3-2-4-8-14/h5-7,9-10,13H,2-4,8,11-12H2,1H3. The first-order valence-electron chi connectivity index (χ1n) is 7.05. The van der Waals surface area contributed by atoms with Crippen molar-refractivity contribution >= 4 is 10.9 Å². The Morgan fingerprint density at radius 1 is 1.11 bits per heavy atom. The van der Waals surface area contributed by atoms with E-state index in [1.807, 2.05) is 0 Å². The summed E-state index contributed by atoms with van der Waals surface area (Å²) in [5, 5.41) is 1.43. The van der Waals surface area contributed by atoms with Crippen molar-refractivity contribution in [2.24, 2.45) is 7.05 Å². The number of rotatable bonds is 3. The van der Waals surface area contributed by atoms with Gasteiger partial charge in [-0.2, -0.15) is 0 Å². The van der Waals surface area contributed by atoms with Crippen molar-refractivity contribution in [1.29, 1.82) is 0 Å². The first kappa shape index (κ1) is 11.6. The average molecular weight is 239 g/mol. The van der Waals surface area contributed by atoms with Crippen LogP contribution < -0.4 is 0 Å². The molecule has 0 bridgehead atoms. The van der Waals surface area contributed by atoms with Crippen LogP contribution in [0.5, 0.6) is 0 Å². The van der Waals surface area contributed by atoms with Crippen LogP contribution in [0, 0.1) is 0 Å². The smallest absolute Gasteiger partial charge is 0.0480 e. The van der Waals surface area contributed by atoms with Gasteiger partial charge in [-0.1, -0.05) is 29.8 Å². The quantitative estimate of drug-likeness (QED) is 0.689. The van der Waals surface area contributed by atoms with Crippen LogP contribution in [-0.4, -0.2) is 4.57 Å². The summed E-state index contributed by atoms with van der Waals surface area (Å²) in [5.74, 6) is 0. The molecule has 0 saturated carbocycles. The largest absolute Gasteiger partial charge is 0.350 e. The first-order chi connectivity index (χ1) is 8.84. The predicted molar refractivity (Wildman–Crippen MR) is 77.8 cm³/mol. The van der Waals surface area contributed by atoms with Crippen molar-refractivity contribution in [2.75, 3.05) is 0 Å². The highest BCUT2D eigenvalue weighted by molar-refractivity contribution is 5.83. The minimum absolute atomic E-state index is 1.19. The summed E-state index contributed by atoms with van der Waals surface area (Å²) in [4.78, 5) is 0. The van der Waals surface area contributed by atoms with E-state index < -0.39 is 0 Å². The molecule has 0 unspecified atom stereocenters. The molecule has 94 valence electrons. The molecule has 1 aliphatic carbocycles. The molecule has 1 aliphatic rings. The Kier molecular flexibility index (Phi) is 3.22. The summed E-state index contributed by atoms with van der Waals surface area (Å²) < 4.78 is 2.25. The Balaban J connectivity index is 1.80. The molecule has 0 spiro atoms. The number of hydrogen-bond acceptors (Lipinski definition) is 0. The van der Waals surface area contributed by atoms with Crippen molar-refractivity contribution < 1.29 is 0 Å². The number of nitrogens with zero attached hydrogens (tertiary/aromatic N) is 1. The van der Waals surface area contributed by atoms with Gasteiger partial charge in [-0.3, -0.25) is 0 Å². The van der Waals surface area contributed by atoms with Crippen molar-refractivity contribution in [3.8, 4) is 0 Å². The number of allylic oxidation sites excluding steroid dienone is 2. The zero-order valence-electron chi connectivity index (χ0n) is 11.2. The Labute approximate surface area is 109 Å². The average Bonchev–Trinajstić information content (AvgIpc) is 2.75. The zero-order valence-corrected chi connectivity index (χ0v) is 11.2. The van der Waals surface area contributed by atoms with Gasteiger partial charge in [0.2, 0.25) is 0 Å².